The fraction of sp³-hybridized carbons (Fsp3) is 0.435. The molecule has 3 heterocycles. The van der Waals surface area contributed by atoms with Gasteiger partial charge < -0.3 is 10.6 Å². The number of halogens is 3. The van der Waals surface area contributed by atoms with Gasteiger partial charge in [0.2, 0.25) is 11.9 Å². The van der Waals surface area contributed by atoms with Crippen molar-refractivity contribution in [3.05, 3.63) is 47.4 Å². The van der Waals surface area contributed by atoms with Crippen molar-refractivity contribution in [1.82, 2.24) is 30.3 Å². The summed E-state index contributed by atoms with van der Waals surface area (Å²) >= 11 is 11.6. The Labute approximate surface area is 211 Å². The third-order valence-corrected chi connectivity index (χ3v) is 6.27. The van der Waals surface area contributed by atoms with Gasteiger partial charge in [-0.05, 0) is 64.2 Å². The number of hydrogen-bond donors (Lipinski definition) is 3. The van der Waals surface area contributed by atoms with Crippen LogP contribution < -0.4 is 10.6 Å². The summed E-state index contributed by atoms with van der Waals surface area (Å²) in [6.07, 6.45) is 4.73. The number of hydrogen-bond acceptors (Lipinski definition) is 5. The molecule has 0 aliphatic heterocycles. The monoisotopic (exact) mass is 521 g/mol. The molecular weight excluding hydrogens is 496 g/mol. The van der Waals surface area contributed by atoms with E-state index in [1.54, 1.807) is 30.8 Å². The molecule has 3 aromatic rings. The van der Waals surface area contributed by atoms with Crippen LogP contribution in [0.3, 0.4) is 0 Å². The molecule has 2 amide bonds. The van der Waals surface area contributed by atoms with E-state index in [0.717, 1.165) is 12.8 Å². The van der Waals surface area contributed by atoms with Crippen molar-refractivity contribution in [2.75, 3.05) is 5.32 Å². The molecule has 3 N–H and O–H groups in total. The number of aryl methyl sites for hydroxylation is 2. The average Bonchev–Trinajstić information content (AvgIpc) is 3.43. The predicted molar refractivity (Wildman–Crippen MR) is 131 cm³/mol. The molecule has 0 unspecified atom stereocenters. The highest BCUT2D eigenvalue weighted by molar-refractivity contribution is 6.44. The zero-order valence-corrected chi connectivity index (χ0v) is 20.8. The molecule has 0 aromatic carbocycles. The molecule has 4 rings (SSSR count). The molecule has 0 spiro atoms. The number of H-pyrrole nitrogens is 1. The molecular formula is C23H26Cl2FN7O2. The van der Waals surface area contributed by atoms with Gasteiger partial charge in [-0.25, -0.2) is 4.98 Å². The average molecular weight is 522 g/mol. The van der Waals surface area contributed by atoms with Crippen LogP contribution in [0.15, 0.2) is 24.4 Å². The molecule has 35 heavy (non-hydrogen) atoms. The molecule has 1 aliphatic rings. The molecule has 186 valence electrons. The SMILES string of the molecule is Cc1n[nH]c(C)c1-c1ccc(NC(=O)[C@H](CCCC(Cl)Cl)NC(=O)c2ccnn2C2CC2)nc1F. The van der Waals surface area contributed by atoms with Crippen molar-refractivity contribution >= 4 is 40.8 Å². The Morgan fingerprint density at radius 3 is 2.63 bits per heavy atom. The summed E-state index contributed by atoms with van der Waals surface area (Å²) in [6, 6.07) is 3.97. The summed E-state index contributed by atoms with van der Waals surface area (Å²) in [5.74, 6) is -1.64. The number of nitrogens with one attached hydrogen (secondary N) is 3. The van der Waals surface area contributed by atoms with Crippen molar-refractivity contribution in [2.24, 2.45) is 0 Å². The Bertz CT molecular complexity index is 1200. The van der Waals surface area contributed by atoms with E-state index >= 15 is 0 Å². The predicted octanol–water partition coefficient (Wildman–Crippen LogP) is 4.47. The van der Waals surface area contributed by atoms with Crippen molar-refractivity contribution in [2.45, 2.75) is 62.9 Å². The largest absolute Gasteiger partial charge is 0.339 e. The highest BCUT2D eigenvalue weighted by Crippen LogP contribution is 2.35. The molecule has 1 fully saturated rings. The highest BCUT2D eigenvalue weighted by Gasteiger charge is 2.30. The number of carbonyl (C=O) groups excluding carboxylic acids is 2. The summed E-state index contributed by atoms with van der Waals surface area (Å²) in [4.78, 5) is 29.3. The van der Waals surface area contributed by atoms with E-state index in [4.69, 9.17) is 23.2 Å². The zero-order chi connectivity index (χ0) is 25.1. The number of carbonyl (C=O) groups is 2. The van der Waals surface area contributed by atoms with Gasteiger partial charge >= 0.3 is 0 Å². The van der Waals surface area contributed by atoms with E-state index < -0.39 is 28.6 Å². The molecule has 0 bridgehead atoms. The van der Waals surface area contributed by atoms with Crippen LogP contribution in [0, 0.1) is 19.8 Å². The number of aromatic amines is 1. The minimum absolute atomic E-state index is 0.0323. The molecule has 0 radical (unpaired) electrons. The number of anilines is 1. The van der Waals surface area contributed by atoms with Crippen LogP contribution in [0.5, 0.6) is 0 Å². The maximum atomic E-state index is 14.8. The Hall–Kier alpha value is -2.98. The van der Waals surface area contributed by atoms with Gasteiger partial charge in [0, 0.05) is 23.0 Å². The number of alkyl halides is 2. The van der Waals surface area contributed by atoms with Crippen LogP contribution in [0.1, 0.15) is 60.0 Å². The molecule has 3 aromatic heterocycles. The van der Waals surface area contributed by atoms with E-state index in [1.807, 2.05) is 0 Å². The van der Waals surface area contributed by atoms with Crippen LogP contribution in [-0.4, -0.2) is 47.7 Å². The van der Waals surface area contributed by atoms with E-state index in [2.05, 4.69) is 30.9 Å². The maximum absolute atomic E-state index is 14.8. The number of rotatable bonds is 10. The van der Waals surface area contributed by atoms with E-state index in [1.165, 1.54) is 12.1 Å². The van der Waals surface area contributed by atoms with Crippen LogP contribution in [0.4, 0.5) is 10.2 Å². The summed E-state index contributed by atoms with van der Waals surface area (Å²) in [5.41, 5.74) is 2.65. The third-order valence-electron chi connectivity index (χ3n) is 5.83. The molecule has 0 saturated heterocycles. The number of amides is 2. The number of pyridine rings is 1. The lowest BCUT2D eigenvalue weighted by atomic mass is 10.1. The smallest absolute Gasteiger partial charge is 0.270 e. The second-order valence-electron chi connectivity index (χ2n) is 8.57. The van der Waals surface area contributed by atoms with Gasteiger partial charge in [-0.2, -0.15) is 14.6 Å². The van der Waals surface area contributed by atoms with Gasteiger partial charge in [0.1, 0.15) is 22.4 Å². The number of nitrogens with zero attached hydrogens (tertiary/aromatic N) is 4. The first-order chi connectivity index (χ1) is 16.7. The highest BCUT2D eigenvalue weighted by atomic mass is 35.5. The van der Waals surface area contributed by atoms with E-state index in [9.17, 15) is 14.0 Å². The van der Waals surface area contributed by atoms with Gasteiger partial charge in [-0.1, -0.05) is 0 Å². The lowest BCUT2D eigenvalue weighted by molar-refractivity contribution is -0.118. The third kappa shape index (κ3) is 5.99. The van der Waals surface area contributed by atoms with Gasteiger partial charge in [0.15, 0.2) is 0 Å². The van der Waals surface area contributed by atoms with Crippen molar-refractivity contribution in [3.63, 3.8) is 0 Å². The Balaban J connectivity index is 1.49. The lowest BCUT2D eigenvalue weighted by Gasteiger charge is -2.19. The summed E-state index contributed by atoms with van der Waals surface area (Å²) < 4.78 is 16.5. The van der Waals surface area contributed by atoms with Crippen LogP contribution in [-0.2, 0) is 4.79 Å². The van der Waals surface area contributed by atoms with Crippen molar-refractivity contribution in [3.8, 4) is 11.1 Å². The van der Waals surface area contributed by atoms with Gasteiger partial charge in [-0.3, -0.25) is 19.4 Å². The summed E-state index contributed by atoms with van der Waals surface area (Å²) in [5, 5.41) is 16.5. The van der Waals surface area contributed by atoms with Gasteiger partial charge in [-0.15, -0.1) is 23.2 Å². The first-order valence-corrected chi connectivity index (χ1v) is 12.2. The van der Waals surface area contributed by atoms with Crippen molar-refractivity contribution in [1.29, 1.82) is 0 Å². The zero-order valence-electron chi connectivity index (χ0n) is 19.3. The van der Waals surface area contributed by atoms with Gasteiger partial charge in [0.05, 0.1) is 11.7 Å². The molecule has 1 aliphatic carbocycles. The van der Waals surface area contributed by atoms with Crippen molar-refractivity contribution < 1.29 is 14.0 Å². The Morgan fingerprint density at radius 2 is 2.00 bits per heavy atom. The Kier molecular flexibility index (Phi) is 7.71. The van der Waals surface area contributed by atoms with Crippen LogP contribution in [0.2, 0.25) is 0 Å². The van der Waals surface area contributed by atoms with Crippen LogP contribution >= 0.6 is 23.2 Å². The second-order valence-corrected chi connectivity index (χ2v) is 9.85. The molecule has 1 atom stereocenters. The summed E-state index contributed by atoms with van der Waals surface area (Å²) in [7, 11) is 0. The van der Waals surface area contributed by atoms with Crippen LogP contribution in [0.25, 0.3) is 11.1 Å². The second kappa shape index (κ2) is 10.7. The Morgan fingerprint density at radius 1 is 1.23 bits per heavy atom. The minimum atomic E-state index is -0.903. The minimum Gasteiger partial charge on any atom is -0.339 e. The maximum Gasteiger partial charge on any atom is 0.270 e. The quantitative estimate of drug-likeness (QED) is 0.268. The topological polar surface area (TPSA) is 118 Å². The first-order valence-electron chi connectivity index (χ1n) is 11.4. The molecule has 12 heteroatoms. The molecule has 9 nitrogen and oxygen atoms in total. The normalized spacial score (nSPS) is 14.2. The number of aromatic nitrogens is 5. The summed E-state index contributed by atoms with van der Waals surface area (Å²) in [6.45, 7) is 3.56. The first kappa shape index (κ1) is 25.1. The lowest BCUT2D eigenvalue weighted by Crippen LogP contribution is -2.44. The molecule has 1 saturated carbocycles. The van der Waals surface area contributed by atoms with E-state index in [0.29, 0.717) is 41.9 Å². The van der Waals surface area contributed by atoms with E-state index in [-0.39, 0.29) is 17.4 Å². The fourth-order valence-electron chi connectivity index (χ4n) is 3.93. The fourth-order valence-corrected chi connectivity index (χ4v) is 4.24. The van der Waals surface area contributed by atoms with Gasteiger partial charge in [0.25, 0.3) is 5.91 Å². The standard InChI is InChI=1S/C23H26Cl2FN7O2/c1-12-20(13(2)32-31-12)15-8-9-19(29-21(15)26)30-22(34)16(4-3-5-18(24)25)28-23(35)17-10-11-27-33(17)14-6-7-14/h8-11,14,16,18H,3-7H2,1-2H3,(H,28,35)(H,31,32)(H,29,30,34)/t16-/m0/s1.